The molecule has 0 saturated heterocycles. The van der Waals surface area contributed by atoms with E-state index in [4.69, 9.17) is 5.73 Å². The van der Waals surface area contributed by atoms with Crippen molar-refractivity contribution in [3.05, 3.63) is 11.1 Å². The lowest BCUT2D eigenvalue weighted by molar-refractivity contribution is -0.119. The molecular weight excluding hydrogens is 250 g/mol. The van der Waals surface area contributed by atoms with Crippen LogP contribution in [0.4, 0.5) is 5.13 Å². The summed E-state index contributed by atoms with van der Waals surface area (Å²) in [4.78, 5) is 27.0. The van der Waals surface area contributed by atoms with Gasteiger partial charge in [-0.3, -0.25) is 9.59 Å². The fourth-order valence-corrected chi connectivity index (χ4v) is 2.89. The van der Waals surface area contributed by atoms with Crippen LogP contribution in [0.1, 0.15) is 43.1 Å². The van der Waals surface area contributed by atoms with Gasteiger partial charge >= 0.3 is 0 Å². The summed E-state index contributed by atoms with van der Waals surface area (Å²) in [6.07, 6.45) is 3.63. The lowest BCUT2D eigenvalue weighted by Crippen LogP contribution is -2.40. The summed E-state index contributed by atoms with van der Waals surface area (Å²) >= 11 is 1.27. The molecule has 0 radical (unpaired) electrons. The predicted molar refractivity (Wildman–Crippen MR) is 70.7 cm³/mol. The van der Waals surface area contributed by atoms with Crippen molar-refractivity contribution >= 4 is 28.2 Å². The van der Waals surface area contributed by atoms with E-state index in [1.54, 1.807) is 5.38 Å². The number of rotatable bonds is 5. The Balaban J connectivity index is 1.92. The van der Waals surface area contributed by atoms with Gasteiger partial charge in [0.05, 0.1) is 0 Å². The molecule has 18 heavy (non-hydrogen) atoms. The first kappa shape index (κ1) is 13.2. The fourth-order valence-electron chi connectivity index (χ4n) is 2.13. The standard InChI is InChI=1S/C12H17N3O2S/c1-8(16)9-6-18-11(14-9)15-10(17)5-12(7-13)3-2-4-12/h6H,2-5,7,13H2,1H3,(H,14,15,17). The first-order valence-corrected chi connectivity index (χ1v) is 6.89. The molecule has 5 nitrogen and oxygen atoms in total. The maximum absolute atomic E-state index is 11.9. The quantitative estimate of drug-likeness (QED) is 0.797. The highest BCUT2D eigenvalue weighted by molar-refractivity contribution is 7.14. The monoisotopic (exact) mass is 267 g/mol. The normalized spacial score (nSPS) is 17.0. The Bertz CT molecular complexity index is 460. The Kier molecular flexibility index (Phi) is 3.77. The van der Waals surface area contributed by atoms with E-state index in [-0.39, 0.29) is 17.1 Å². The van der Waals surface area contributed by atoms with Gasteiger partial charge in [0.1, 0.15) is 5.69 Å². The van der Waals surface area contributed by atoms with Gasteiger partial charge in [-0.2, -0.15) is 0 Å². The van der Waals surface area contributed by atoms with Gasteiger partial charge in [-0.1, -0.05) is 6.42 Å². The number of ketones is 1. The molecular formula is C12H17N3O2S. The maximum Gasteiger partial charge on any atom is 0.226 e. The third kappa shape index (κ3) is 2.76. The molecule has 0 bridgehead atoms. The van der Waals surface area contributed by atoms with Crippen LogP contribution in [0.15, 0.2) is 5.38 Å². The Morgan fingerprint density at radius 3 is 2.72 bits per heavy atom. The van der Waals surface area contributed by atoms with E-state index < -0.39 is 0 Å². The Hall–Kier alpha value is -1.27. The molecule has 1 heterocycles. The number of carbonyl (C=O) groups is 2. The number of amides is 1. The summed E-state index contributed by atoms with van der Waals surface area (Å²) in [6, 6.07) is 0. The summed E-state index contributed by atoms with van der Waals surface area (Å²) in [5, 5.41) is 4.87. The van der Waals surface area contributed by atoms with Gasteiger partial charge in [0.15, 0.2) is 10.9 Å². The maximum atomic E-state index is 11.9. The van der Waals surface area contributed by atoms with Gasteiger partial charge in [0.25, 0.3) is 0 Å². The second-order valence-electron chi connectivity index (χ2n) is 4.88. The molecule has 1 aliphatic rings. The molecule has 0 aliphatic heterocycles. The minimum atomic E-state index is -0.0934. The number of hydrogen-bond donors (Lipinski definition) is 2. The Morgan fingerprint density at radius 1 is 1.56 bits per heavy atom. The van der Waals surface area contributed by atoms with Crippen LogP contribution in [0.5, 0.6) is 0 Å². The van der Waals surface area contributed by atoms with Crippen LogP contribution in [0.25, 0.3) is 0 Å². The van der Waals surface area contributed by atoms with Gasteiger partial charge in [0, 0.05) is 18.7 Å². The molecule has 1 aromatic rings. The van der Waals surface area contributed by atoms with Crippen LogP contribution >= 0.6 is 11.3 Å². The smallest absolute Gasteiger partial charge is 0.226 e. The summed E-state index contributed by atoms with van der Waals surface area (Å²) in [5.41, 5.74) is 6.10. The van der Waals surface area contributed by atoms with Crippen LogP contribution in [0, 0.1) is 5.41 Å². The molecule has 6 heteroatoms. The summed E-state index contributed by atoms with van der Waals surface area (Å²) in [7, 11) is 0. The van der Waals surface area contributed by atoms with Crippen LogP contribution in [0.3, 0.4) is 0 Å². The first-order chi connectivity index (χ1) is 8.54. The number of thiazole rings is 1. The third-order valence-electron chi connectivity index (χ3n) is 3.49. The molecule has 0 aromatic carbocycles. The second-order valence-corrected chi connectivity index (χ2v) is 5.73. The van der Waals surface area contributed by atoms with Crippen LogP contribution in [0.2, 0.25) is 0 Å². The number of anilines is 1. The second kappa shape index (κ2) is 5.16. The molecule has 1 fully saturated rings. The van der Waals surface area contributed by atoms with E-state index in [9.17, 15) is 9.59 Å². The third-order valence-corrected chi connectivity index (χ3v) is 4.25. The highest BCUT2D eigenvalue weighted by Crippen LogP contribution is 2.43. The van der Waals surface area contributed by atoms with Gasteiger partial charge in [0.2, 0.25) is 5.91 Å². The minimum Gasteiger partial charge on any atom is -0.330 e. The average molecular weight is 267 g/mol. The molecule has 3 N–H and O–H groups in total. The van der Waals surface area contributed by atoms with Crippen molar-refractivity contribution in [1.82, 2.24) is 4.98 Å². The van der Waals surface area contributed by atoms with Crippen LogP contribution in [-0.2, 0) is 4.79 Å². The number of aromatic nitrogens is 1. The van der Waals surface area contributed by atoms with E-state index >= 15 is 0 Å². The highest BCUT2D eigenvalue weighted by atomic mass is 32.1. The van der Waals surface area contributed by atoms with E-state index in [2.05, 4.69) is 10.3 Å². The molecule has 0 unspecified atom stereocenters. The zero-order valence-electron chi connectivity index (χ0n) is 10.4. The van der Waals surface area contributed by atoms with E-state index in [1.165, 1.54) is 18.3 Å². The minimum absolute atomic E-state index is 0.00918. The summed E-state index contributed by atoms with van der Waals surface area (Å²) < 4.78 is 0. The topological polar surface area (TPSA) is 85.1 Å². The SMILES string of the molecule is CC(=O)c1csc(NC(=O)CC2(CN)CCC2)n1. The van der Waals surface area contributed by atoms with Crippen molar-refractivity contribution in [2.75, 3.05) is 11.9 Å². The Labute approximate surface area is 110 Å². The number of nitrogens with two attached hydrogens (primary N) is 1. The van der Waals surface area contributed by atoms with Crippen molar-refractivity contribution in [3.8, 4) is 0 Å². The zero-order valence-corrected chi connectivity index (χ0v) is 11.2. The largest absolute Gasteiger partial charge is 0.330 e. The van der Waals surface area contributed by atoms with Crippen molar-refractivity contribution in [3.63, 3.8) is 0 Å². The Morgan fingerprint density at radius 2 is 2.28 bits per heavy atom. The molecule has 98 valence electrons. The number of hydrogen-bond acceptors (Lipinski definition) is 5. The number of nitrogens with zero attached hydrogens (tertiary/aromatic N) is 1. The molecule has 2 rings (SSSR count). The van der Waals surface area contributed by atoms with Gasteiger partial charge < -0.3 is 11.1 Å². The van der Waals surface area contributed by atoms with Crippen molar-refractivity contribution in [2.24, 2.45) is 11.1 Å². The number of carbonyl (C=O) groups excluding carboxylic acids is 2. The number of nitrogens with one attached hydrogen (secondary N) is 1. The van der Waals surface area contributed by atoms with Gasteiger partial charge in [-0.15, -0.1) is 11.3 Å². The summed E-state index contributed by atoms with van der Waals surface area (Å²) in [6.45, 7) is 2.01. The zero-order chi connectivity index (χ0) is 13.2. The van der Waals surface area contributed by atoms with E-state index in [0.717, 1.165) is 19.3 Å². The molecule has 0 atom stereocenters. The molecule has 1 saturated carbocycles. The van der Waals surface area contributed by atoms with Gasteiger partial charge in [-0.05, 0) is 24.8 Å². The fraction of sp³-hybridized carbons (Fsp3) is 0.583. The van der Waals surface area contributed by atoms with E-state index in [1.807, 2.05) is 0 Å². The van der Waals surface area contributed by atoms with Gasteiger partial charge in [-0.25, -0.2) is 4.98 Å². The van der Waals surface area contributed by atoms with Crippen LogP contribution in [-0.4, -0.2) is 23.2 Å². The summed E-state index contributed by atoms with van der Waals surface area (Å²) in [5.74, 6) is -0.159. The lowest BCUT2D eigenvalue weighted by atomic mass is 9.66. The van der Waals surface area contributed by atoms with Crippen molar-refractivity contribution in [1.29, 1.82) is 0 Å². The van der Waals surface area contributed by atoms with Crippen LogP contribution < -0.4 is 11.1 Å². The van der Waals surface area contributed by atoms with E-state index in [0.29, 0.717) is 23.8 Å². The first-order valence-electron chi connectivity index (χ1n) is 6.01. The molecule has 1 aromatic heterocycles. The predicted octanol–water partition coefficient (Wildman–Crippen LogP) is 1.80. The van der Waals surface area contributed by atoms with Crippen molar-refractivity contribution < 1.29 is 9.59 Å². The molecule has 0 spiro atoms. The lowest BCUT2D eigenvalue weighted by Gasteiger charge is -2.40. The number of Topliss-reactive ketones (excluding diaryl/α,β-unsaturated/α-hetero) is 1. The van der Waals surface area contributed by atoms with Crippen molar-refractivity contribution in [2.45, 2.75) is 32.6 Å². The molecule has 1 amide bonds. The average Bonchev–Trinajstić information content (AvgIpc) is 2.72. The molecule has 1 aliphatic carbocycles. The highest BCUT2D eigenvalue weighted by Gasteiger charge is 2.37.